The number of nitrogens with zero attached hydrogens (tertiary/aromatic N) is 1. The molecule has 0 saturated heterocycles. The SMILES string of the molecule is CC(C)N1CCc2cccc3c2C1CC3. The Hall–Kier alpha value is -0.820. The molecule has 1 unspecified atom stereocenters. The van der Waals surface area contributed by atoms with E-state index in [0.29, 0.717) is 6.04 Å². The van der Waals surface area contributed by atoms with Gasteiger partial charge in [-0.05, 0) is 49.8 Å². The predicted molar refractivity (Wildman–Crippen MR) is 63.1 cm³/mol. The van der Waals surface area contributed by atoms with Crippen molar-refractivity contribution < 1.29 is 0 Å². The number of aryl methyl sites for hydroxylation is 1. The molecule has 1 nitrogen and oxygen atoms in total. The second kappa shape index (κ2) is 3.34. The number of rotatable bonds is 1. The topological polar surface area (TPSA) is 3.24 Å². The van der Waals surface area contributed by atoms with E-state index in [1.54, 1.807) is 16.7 Å². The van der Waals surface area contributed by atoms with Gasteiger partial charge in [-0.1, -0.05) is 18.2 Å². The molecule has 80 valence electrons. The minimum atomic E-state index is 0.689. The van der Waals surface area contributed by atoms with Crippen molar-refractivity contribution in [2.75, 3.05) is 6.54 Å². The third-order valence-electron chi connectivity index (χ3n) is 4.01. The lowest BCUT2D eigenvalue weighted by Crippen LogP contribution is -2.39. The van der Waals surface area contributed by atoms with Crippen molar-refractivity contribution in [3.05, 3.63) is 34.9 Å². The molecule has 1 heterocycles. The van der Waals surface area contributed by atoms with Crippen molar-refractivity contribution in [2.45, 2.75) is 45.2 Å². The van der Waals surface area contributed by atoms with Crippen LogP contribution in [0.15, 0.2) is 18.2 Å². The summed E-state index contributed by atoms with van der Waals surface area (Å²) in [6.07, 6.45) is 3.87. The van der Waals surface area contributed by atoms with E-state index in [1.165, 1.54) is 25.8 Å². The van der Waals surface area contributed by atoms with Crippen molar-refractivity contribution in [3.8, 4) is 0 Å². The Balaban J connectivity index is 2.06. The molecule has 1 aliphatic carbocycles. The van der Waals surface area contributed by atoms with Crippen molar-refractivity contribution >= 4 is 0 Å². The van der Waals surface area contributed by atoms with Crippen LogP contribution in [0.2, 0.25) is 0 Å². The van der Waals surface area contributed by atoms with Gasteiger partial charge in [0.2, 0.25) is 0 Å². The van der Waals surface area contributed by atoms with Crippen LogP contribution in [0.5, 0.6) is 0 Å². The molecule has 0 amide bonds. The first-order valence-electron chi connectivity index (χ1n) is 6.14. The standard InChI is InChI=1S/C14H19N/c1-10(2)15-9-8-12-5-3-4-11-6-7-13(15)14(11)12/h3-5,10,13H,6-9H2,1-2H3. The molecule has 0 N–H and O–H groups in total. The van der Waals surface area contributed by atoms with Crippen LogP contribution in [-0.2, 0) is 12.8 Å². The largest absolute Gasteiger partial charge is 0.294 e. The van der Waals surface area contributed by atoms with E-state index in [0.717, 1.165) is 6.04 Å². The van der Waals surface area contributed by atoms with E-state index >= 15 is 0 Å². The summed E-state index contributed by atoms with van der Waals surface area (Å²) in [5.74, 6) is 0. The summed E-state index contributed by atoms with van der Waals surface area (Å²) in [4.78, 5) is 2.68. The molecule has 0 fully saturated rings. The Morgan fingerprint density at radius 2 is 1.93 bits per heavy atom. The summed E-state index contributed by atoms with van der Waals surface area (Å²) in [7, 11) is 0. The van der Waals surface area contributed by atoms with Crippen molar-refractivity contribution in [1.29, 1.82) is 0 Å². The lowest BCUT2D eigenvalue weighted by Gasteiger charge is -2.38. The monoisotopic (exact) mass is 201 g/mol. The molecular formula is C14H19N. The van der Waals surface area contributed by atoms with Gasteiger partial charge >= 0.3 is 0 Å². The fraction of sp³-hybridized carbons (Fsp3) is 0.571. The maximum absolute atomic E-state index is 2.68. The molecule has 0 radical (unpaired) electrons. The van der Waals surface area contributed by atoms with Gasteiger partial charge in [-0.25, -0.2) is 0 Å². The molecule has 0 spiro atoms. The fourth-order valence-electron chi connectivity index (χ4n) is 3.32. The van der Waals surface area contributed by atoms with Gasteiger partial charge in [0.25, 0.3) is 0 Å². The van der Waals surface area contributed by atoms with E-state index in [4.69, 9.17) is 0 Å². The predicted octanol–water partition coefficient (Wildman–Crippen LogP) is 2.94. The normalized spacial score (nSPS) is 24.6. The second-order valence-corrected chi connectivity index (χ2v) is 5.13. The Morgan fingerprint density at radius 3 is 2.67 bits per heavy atom. The van der Waals surface area contributed by atoms with Gasteiger partial charge in [-0.3, -0.25) is 4.90 Å². The molecular weight excluding hydrogens is 182 g/mol. The molecule has 1 aromatic rings. The molecule has 2 aliphatic rings. The first-order chi connectivity index (χ1) is 7.27. The Kier molecular flexibility index (Phi) is 2.10. The van der Waals surface area contributed by atoms with E-state index < -0.39 is 0 Å². The van der Waals surface area contributed by atoms with Gasteiger partial charge in [-0.2, -0.15) is 0 Å². The zero-order valence-electron chi connectivity index (χ0n) is 9.66. The van der Waals surface area contributed by atoms with Gasteiger partial charge in [-0.15, -0.1) is 0 Å². The molecule has 1 heteroatoms. The van der Waals surface area contributed by atoms with Crippen LogP contribution < -0.4 is 0 Å². The maximum atomic E-state index is 2.68. The van der Waals surface area contributed by atoms with Crippen LogP contribution in [0.25, 0.3) is 0 Å². The second-order valence-electron chi connectivity index (χ2n) is 5.13. The molecule has 3 rings (SSSR count). The van der Waals surface area contributed by atoms with Gasteiger partial charge in [0.1, 0.15) is 0 Å². The summed E-state index contributed by atoms with van der Waals surface area (Å²) in [6.45, 7) is 5.90. The lowest BCUT2D eigenvalue weighted by molar-refractivity contribution is 0.143. The first-order valence-corrected chi connectivity index (χ1v) is 6.14. The molecule has 0 bridgehead atoms. The quantitative estimate of drug-likeness (QED) is 0.675. The van der Waals surface area contributed by atoms with Gasteiger partial charge < -0.3 is 0 Å². The lowest BCUT2D eigenvalue weighted by atomic mass is 9.92. The van der Waals surface area contributed by atoms with Crippen LogP contribution in [0.1, 0.15) is 43.0 Å². The van der Waals surface area contributed by atoms with Gasteiger partial charge in [0.05, 0.1) is 0 Å². The van der Waals surface area contributed by atoms with Crippen molar-refractivity contribution in [2.24, 2.45) is 0 Å². The van der Waals surface area contributed by atoms with Crippen LogP contribution in [0.3, 0.4) is 0 Å². The summed E-state index contributed by atoms with van der Waals surface area (Å²) < 4.78 is 0. The van der Waals surface area contributed by atoms with Crippen molar-refractivity contribution in [3.63, 3.8) is 0 Å². The number of hydrogen-bond acceptors (Lipinski definition) is 1. The summed E-state index contributed by atoms with van der Waals surface area (Å²) >= 11 is 0. The Morgan fingerprint density at radius 1 is 1.20 bits per heavy atom. The van der Waals surface area contributed by atoms with Crippen LogP contribution in [-0.4, -0.2) is 17.5 Å². The zero-order valence-corrected chi connectivity index (χ0v) is 9.66. The highest BCUT2D eigenvalue weighted by Gasteiger charge is 2.34. The third kappa shape index (κ3) is 1.33. The zero-order chi connectivity index (χ0) is 10.4. The van der Waals surface area contributed by atoms with Crippen LogP contribution in [0, 0.1) is 0 Å². The Labute approximate surface area is 92.1 Å². The van der Waals surface area contributed by atoms with Crippen molar-refractivity contribution in [1.82, 2.24) is 4.90 Å². The third-order valence-corrected chi connectivity index (χ3v) is 4.01. The summed E-state index contributed by atoms with van der Waals surface area (Å²) in [5.41, 5.74) is 4.91. The molecule has 0 saturated carbocycles. The average Bonchev–Trinajstić information content (AvgIpc) is 2.65. The maximum Gasteiger partial charge on any atom is 0.0359 e. The highest BCUT2D eigenvalue weighted by molar-refractivity contribution is 5.43. The van der Waals surface area contributed by atoms with Gasteiger partial charge in [0.15, 0.2) is 0 Å². The number of benzene rings is 1. The molecule has 1 aromatic carbocycles. The molecule has 15 heavy (non-hydrogen) atoms. The molecule has 0 aromatic heterocycles. The summed E-state index contributed by atoms with van der Waals surface area (Å²) in [6, 6.07) is 8.30. The average molecular weight is 201 g/mol. The van der Waals surface area contributed by atoms with Crippen LogP contribution in [0.4, 0.5) is 0 Å². The van der Waals surface area contributed by atoms with Gasteiger partial charge in [0, 0.05) is 18.6 Å². The fourth-order valence-corrected chi connectivity index (χ4v) is 3.32. The highest BCUT2D eigenvalue weighted by atomic mass is 15.2. The molecule has 1 atom stereocenters. The highest BCUT2D eigenvalue weighted by Crippen LogP contribution is 2.41. The van der Waals surface area contributed by atoms with Crippen LogP contribution >= 0.6 is 0 Å². The van der Waals surface area contributed by atoms with E-state index in [1.807, 2.05) is 0 Å². The van der Waals surface area contributed by atoms with E-state index in [2.05, 4.69) is 36.9 Å². The smallest absolute Gasteiger partial charge is 0.0359 e. The summed E-state index contributed by atoms with van der Waals surface area (Å²) in [5, 5.41) is 0. The Bertz CT molecular complexity index is 381. The minimum absolute atomic E-state index is 0.689. The van der Waals surface area contributed by atoms with E-state index in [-0.39, 0.29) is 0 Å². The minimum Gasteiger partial charge on any atom is -0.294 e. The number of hydrogen-bond donors (Lipinski definition) is 0. The first kappa shape index (κ1) is 9.41. The van der Waals surface area contributed by atoms with E-state index in [9.17, 15) is 0 Å². The molecule has 1 aliphatic heterocycles.